The van der Waals surface area contributed by atoms with E-state index in [0.29, 0.717) is 10.6 Å². The molecular weight excluding hydrogens is 396 g/mol. The van der Waals surface area contributed by atoms with Crippen LogP contribution in [0.25, 0.3) is 0 Å². The van der Waals surface area contributed by atoms with Crippen LogP contribution in [0, 0.1) is 5.82 Å². The molecule has 1 aliphatic rings. The van der Waals surface area contributed by atoms with Gasteiger partial charge in [-0.1, -0.05) is 41.4 Å². The molecule has 140 valence electrons. The molecule has 1 heterocycles. The van der Waals surface area contributed by atoms with Gasteiger partial charge in [-0.2, -0.15) is 0 Å². The highest BCUT2D eigenvalue weighted by Gasteiger charge is 2.42. The van der Waals surface area contributed by atoms with Crippen molar-refractivity contribution in [3.8, 4) is 0 Å². The zero-order valence-electron chi connectivity index (χ0n) is 14.0. The van der Waals surface area contributed by atoms with Gasteiger partial charge >= 0.3 is 6.03 Å². The Morgan fingerprint density at radius 2 is 1.89 bits per heavy atom. The van der Waals surface area contributed by atoms with Crippen LogP contribution in [-0.2, 0) is 4.84 Å². The fourth-order valence-corrected chi connectivity index (χ4v) is 3.26. The van der Waals surface area contributed by atoms with Crippen LogP contribution in [-0.4, -0.2) is 16.9 Å². The number of Topliss-reactive ketones (excluding diaryl/α,β-unsaturated/α-hetero) is 1. The number of halogens is 3. The number of hydroxylamine groups is 2. The van der Waals surface area contributed by atoms with Gasteiger partial charge in [-0.25, -0.2) is 15.0 Å². The second-order valence-corrected chi connectivity index (χ2v) is 6.53. The van der Waals surface area contributed by atoms with Gasteiger partial charge in [-0.3, -0.25) is 10.2 Å². The second kappa shape index (κ2) is 7.56. The van der Waals surface area contributed by atoms with Gasteiger partial charge in [0, 0.05) is 16.1 Å². The first-order valence-electron chi connectivity index (χ1n) is 7.78. The van der Waals surface area contributed by atoms with Crippen LogP contribution in [0.5, 0.6) is 0 Å². The molecule has 1 aliphatic heterocycles. The first kappa shape index (κ1) is 19.2. The minimum absolute atomic E-state index is 0.145. The summed E-state index contributed by atoms with van der Waals surface area (Å²) >= 11 is 12.1. The summed E-state index contributed by atoms with van der Waals surface area (Å²) in [6, 6.07) is 8.62. The molecule has 3 rings (SSSR count). The summed E-state index contributed by atoms with van der Waals surface area (Å²) in [5.41, 5.74) is 2.75. The predicted octanol–water partition coefficient (Wildman–Crippen LogP) is 4.16. The predicted molar refractivity (Wildman–Crippen MR) is 98.3 cm³/mol. The van der Waals surface area contributed by atoms with Crippen molar-refractivity contribution in [2.45, 2.75) is 13.0 Å². The fraction of sp³-hybridized carbons (Fsp3) is 0.111. The number of nitrogens with two attached hydrogens (primary N) is 1. The normalized spacial score (nSPS) is 16.3. The fourth-order valence-electron chi connectivity index (χ4n) is 2.84. The number of hydrogen-bond donors (Lipinski definition) is 2. The van der Waals surface area contributed by atoms with E-state index >= 15 is 0 Å². The van der Waals surface area contributed by atoms with Gasteiger partial charge in [0.05, 0.1) is 10.6 Å². The van der Waals surface area contributed by atoms with Crippen LogP contribution in [0.3, 0.4) is 0 Å². The van der Waals surface area contributed by atoms with E-state index in [1.54, 1.807) is 24.3 Å². The molecule has 0 saturated heterocycles. The van der Waals surface area contributed by atoms with E-state index in [2.05, 4.69) is 0 Å². The lowest BCUT2D eigenvalue weighted by Gasteiger charge is -2.24. The molecule has 9 heteroatoms. The third-order valence-corrected chi connectivity index (χ3v) is 4.71. The maximum absolute atomic E-state index is 13.5. The number of benzene rings is 2. The Hall–Kier alpha value is -2.61. The van der Waals surface area contributed by atoms with Crippen molar-refractivity contribution in [2.24, 2.45) is 5.84 Å². The molecule has 0 fully saturated rings. The highest BCUT2D eigenvalue weighted by molar-refractivity contribution is 6.32. The standard InChI is InChI=1S/C18H14Cl2FN3O3/c1-9-15(17(25)10-6-7-14(21)13(20)8-10)16(24(27-9)18(26)23-22)11-4-2-3-5-12(11)19/h2-8,16H,22H2,1H3,(H,23,26). The molecule has 0 aliphatic carbocycles. The van der Waals surface area contributed by atoms with Gasteiger partial charge in [0.15, 0.2) is 5.78 Å². The van der Waals surface area contributed by atoms with Crippen molar-refractivity contribution >= 4 is 35.0 Å². The van der Waals surface area contributed by atoms with E-state index in [0.717, 1.165) is 11.1 Å². The molecule has 27 heavy (non-hydrogen) atoms. The monoisotopic (exact) mass is 409 g/mol. The largest absolute Gasteiger partial charge is 0.379 e. The molecule has 3 N–H and O–H groups in total. The summed E-state index contributed by atoms with van der Waals surface area (Å²) in [5.74, 6) is 4.29. The van der Waals surface area contributed by atoms with Crippen molar-refractivity contribution < 1.29 is 18.8 Å². The Labute approximate surface area is 164 Å². The summed E-state index contributed by atoms with van der Waals surface area (Å²) in [5, 5.41) is 1.07. The summed E-state index contributed by atoms with van der Waals surface area (Å²) in [4.78, 5) is 30.8. The lowest BCUT2D eigenvalue weighted by atomic mass is 9.92. The number of urea groups is 1. The minimum Gasteiger partial charge on any atom is -0.379 e. The average molecular weight is 410 g/mol. The molecule has 2 aromatic carbocycles. The number of rotatable bonds is 3. The zero-order chi connectivity index (χ0) is 19.7. The smallest absolute Gasteiger partial charge is 0.365 e. The number of hydrazine groups is 1. The third-order valence-electron chi connectivity index (χ3n) is 4.07. The van der Waals surface area contributed by atoms with Crippen LogP contribution < -0.4 is 11.3 Å². The number of allylic oxidation sites excluding steroid dienone is 1. The maximum atomic E-state index is 13.5. The number of hydrogen-bond acceptors (Lipinski definition) is 4. The van der Waals surface area contributed by atoms with Crippen LogP contribution in [0.15, 0.2) is 53.8 Å². The highest BCUT2D eigenvalue weighted by Crippen LogP contribution is 2.42. The Balaban J connectivity index is 2.12. The van der Waals surface area contributed by atoms with E-state index in [4.69, 9.17) is 33.9 Å². The molecule has 0 saturated carbocycles. The highest BCUT2D eigenvalue weighted by atomic mass is 35.5. The number of ketones is 1. The molecule has 1 atom stereocenters. The van der Waals surface area contributed by atoms with Crippen molar-refractivity contribution in [3.63, 3.8) is 0 Å². The number of nitrogens with one attached hydrogen (secondary N) is 1. The van der Waals surface area contributed by atoms with E-state index < -0.39 is 23.7 Å². The molecule has 2 amide bonds. The lowest BCUT2D eigenvalue weighted by molar-refractivity contribution is -0.0720. The van der Waals surface area contributed by atoms with Crippen LogP contribution in [0.4, 0.5) is 9.18 Å². The van der Waals surface area contributed by atoms with Crippen molar-refractivity contribution in [1.29, 1.82) is 0 Å². The average Bonchev–Trinajstić information content (AvgIpc) is 3.00. The Kier molecular flexibility index (Phi) is 5.36. The van der Waals surface area contributed by atoms with E-state index in [1.807, 2.05) is 5.43 Å². The van der Waals surface area contributed by atoms with Crippen molar-refractivity contribution in [1.82, 2.24) is 10.5 Å². The topological polar surface area (TPSA) is 84.7 Å². The Morgan fingerprint density at radius 3 is 2.52 bits per heavy atom. The quantitative estimate of drug-likeness (QED) is 0.345. The summed E-state index contributed by atoms with van der Waals surface area (Å²) in [7, 11) is 0. The summed E-state index contributed by atoms with van der Waals surface area (Å²) < 4.78 is 13.5. The van der Waals surface area contributed by atoms with Gasteiger partial charge in [-0.05, 0) is 31.2 Å². The molecule has 0 bridgehead atoms. The summed E-state index contributed by atoms with van der Waals surface area (Å²) in [6.45, 7) is 1.53. The van der Waals surface area contributed by atoms with Crippen molar-refractivity contribution in [2.75, 3.05) is 0 Å². The first-order valence-corrected chi connectivity index (χ1v) is 8.53. The van der Waals surface area contributed by atoms with E-state index in [1.165, 1.54) is 19.1 Å². The molecule has 0 spiro atoms. The van der Waals surface area contributed by atoms with Gasteiger partial charge in [0.1, 0.15) is 17.6 Å². The van der Waals surface area contributed by atoms with Gasteiger partial charge in [0.2, 0.25) is 0 Å². The zero-order valence-corrected chi connectivity index (χ0v) is 15.5. The van der Waals surface area contributed by atoms with E-state index in [-0.39, 0.29) is 21.9 Å². The van der Waals surface area contributed by atoms with E-state index in [9.17, 15) is 14.0 Å². The Bertz CT molecular complexity index is 965. The van der Waals surface area contributed by atoms with Gasteiger partial charge in [-0.15, -0.1) is 5.06 Å². The molecule has 1 unspecified atom stereocenters. The molecular formula is C18H14Cl2FN3O3. The van der Waals surface area contributed by atoms with Crippen molar-refractivity contribution in [3.05, 3.63) is 80.8 Å². The SMILES string of the molecule is CC1=C(C(=O)c2ccc(F)c(Cl)c2)C(c2ccccc2Cl)N(C(=O)NN)O1. The molecule has 0 aromatic heterocycles. The number of amides is 2. The molecule has 2 aromatic rings. The number of carbonyl (C=O) groups excluding carboxylic acids is 2. The lowest BCUT2D eigenvalue weighted by Crippen LogP contribution is -2.43. The molecule has 6 nitrogen and oxygen atoms in total. The third kappa shape index (κ3) is 3.49. The van der Waals surface area contributed by atoms with Crippen LogP contribution in [0.1, 0.15) is 28.9 Å². The summed E-state index contributed by atoms with van der Waals surface area (Å²) in [6.07, 6.45) is 0. The second-order valence-electron chi connectivity index (χ2n) is 5.72. The van der Waals surface area contributed by atoms with Crippen LogP contribution >= 0.6 is 23.2 Å². The van der Waals surface area contributed by atoms with Gasteiger partial charge < -0.3 is 4.84 Å². The minimum atomic E-state index is -0.946. The molecule has 0 radical (unpaired) electrons. The Morgan fingerprint density at radius 1 is 1.19 bits per heavy atom. The maximum Gasteiger partial charge on any atom is 0.365 e. The number of nitrogens with zero attached hydrogens (tertiary/aromatic N) is 1. The number of carbonyl (C=O) groups is 2. The first-order chi connectivity index (χ1) is 12.8. The van der Waals surface area contributed by atoms with Gasteiger partial charge in [0.25, 0.3) is 0 Å². The van der Waals surface area contributed by atoms with Crippen LogP contribution in [0.2, 0.25) is 10.0 Å².